The first kappa shape index (κ1) is 13.4. The van der Waals surface area contributed by atoms with Crippen LogP contribution in [0.3, 0.4) is 0 Å². The minimum absolute atomic E-state index is 0.0849. The first-order chi connectivity index (χ1) is 7.99. The van der Waals surface area contributed by atoms with Crippen LogP contribution in [0.15, 0.2) is 34.5 Å². The van der Waals surface area contributed by atoms with Crippen LogP contribution in [0.25, 0.3) is 0 Å². The fraction of sp³-hybridized carbons (Fsp3) is 0.273. The maximum atomic E-state index is 7.47. The molecule has 0 fully saturated rings. The van der Waals surface area contributed by atoms with Crippen LogP contribution in [0, 0.1) is 5.41 Å². The molecule has 3 N–H and O–H groups in total. The van der Waals surface area contributed by atoms with Crippen LogP contribution in [0.4, 0.5) is 11.4 Å². The SMILES string of the molecule is CC(=[NH2+])SC(=N)N=Nc1ccc(N(C)C)cc1. The number of azo groups is 1. The van der Waals surface area contributed by atoms with E-state index in [1.54, 1.807) is 6.92 Å². The zero-order valence-corrected chi connectivity index (χ0v) is 11.0. The Morgan fingerprint density at radius 1 is 1.29 bits per heavy atom. The van der Waals surface area contributed by atoms with E-state index >= 15 is 0 Å². The predicted octanol–water partition coefficient (Wildman–Crippen LogP) is 1.68. The molecule has 0 unspecified atom stereocenters. The van der Waals surface area contributed by atoms with Crippen LogP contribution in [0.5, 0.6) is 0 Å². The number of thioether (sulfide) groups is 1. The fourth-order valence-electron chi connectivity index (χ4n) is 1.09. The number of hydrogen-bond acceptors (Lipinski definition) is 4. The molecular weight excluding hydrogens is 234 g/mol. The highest BCUT2D eigenvalue weighted by Gasteiger charge is 2.01. The van der Waals surface area contributed by atoms with Crippen LogP contribution >= 0.6 is 11.8 Å². The van der Waals surface area contributed by atoms with Gasteiger partial charge >= 0.3 is 0 Å². The van der Waals surface area contributed by atoms with Crippen molar-refractivity contribution in [1.82, 2.24) is 0 Å². The third-order valence-electron chi connectivity index (χ3n) is 1.88. The van der Waals surface area contributed by atoms with Crippen LogP contribution in [0.2, 0.25) is 0 Å². The van der Waals surface area contributed by atoms with Gasteiger partial charge in [-0.2, -0.15) is 0 Å². The lowest BCUT2D eigenvalue weighted by Gasteiger charge is -2.11. The van der Waals surface area contributed by atoms with Gasteiger partial charge in [-0.3, -0.25) is 10.8 Å². The van der Waals surface area contributed by atoms with Crippen molar-refractivity contribution in [3.8, 4) is 0 Å². The highest BCUT2D eigenvalue weighted by molar-refractivity contribution is 8.26. The Balaban J connectivity index is 2.66. The van der Waals surface area contributed by atoms with Gasteiger partial charge in [0, 0.05) is 38.5 Å². The summed E-state index contributed by atoms with van der Waals surface area (Å²) >= 11 is 1.09. The minimum Gasteiger partial charge on any atom is -0.378 e. The number of benzene rings is 1. The number of nitrogens with zero attached hydrogens (tertiary/aromatic N) is 3. The zero-order valence-electron chi connectivity index (χ0n) is 10.1. The summed E-state index contributed by atoms with van der Waals surface area (Å²) in [6.07, 6.45) is 0. The molecule has 0 heterocycles. The third kappa shape index (κ3) is 4.78. The molecule has 0 bridgehead atoms. The molecule has 5 nitrogen and oxygen atoms in total. The molecule has 0 saturated carbocycles. The fourth-order valence-corrected chi connectivity index (χ4v) is 1.48. The molecule has 1 rings (SSSR count). The molecule has 0 atom stereocenters. The largest absolute Gasteiger partial charge is 0.378 e. The molecule has 17 heavy (non-hydrogen) atoms. The van der Waals surface area contributed by atoms with Gasteiger partial charge in [0.1, 0.15) is 0 Å². The van der Waals surface area contributed by atoms with E-state index in [0.717, 1.165) is 23.1 Å². The van der Waals surface area contributed by atoms with Crippen molar-refractivity contribution >= 4 is 33.3 Å². The molecule has 90 valence electrons. The molecule has 0 aromatic heterocycles. The lowest BCUT2D eigenvalue weighted by molar-refractivity contribution is -0.109. The normalized spacial score (nSPS) is 10.5. The van der Waals surface area contributed by atoms with Crippen LogP contribution in [-0.2, 0) is 0 Å². The van der Waals surface area contributed by atoms with Gasteiger partial charge < -0.3 is 4.90 Å². The Morgan fingerprint density at radius 3 is 2.35 bits per heavy atom. The van der Waals surface area contributed by atoms with E-state index in [0.29, 0.717) is 5.04 Å². The summed E-state index contributed by atoms with van der Waals surface area (Å²) in [5, 5.41) is 21.3. The molecule has 6 heteroatoms. The molecular formula is C11H16N5S+. The smallest absolute Gasteiger partial charge is 0.212 e. The van der Waals surface area contributed by atoms with Gasteiger partial charge in [-0.05, 0) is 24.3 Å². The van der Waals surface area contributed by atoms with E-state index in [1.165, 1.54) is 0 Å². The number of hydrogen-bond donors (Lipinski definition) is 2. The van der Waals surface area contributed by atoms with Crippen LogP contribution in [-0.4, -0.2) is 24.3 Å². The summed E-state index contributed by atoms with van der Waals surface area (Å²) in [7, 11) is 3.95. The summed E-state index contributed by atoms with van der Waals surface area (Å²) < 4.78 is 0. The Morgan fingerprint density at radius 2 is 1.88 bits per heavy atom. The second-order valence-corrected chi connectivity index (χ2v) is 4.86. The maximum Gasteiger partial charge on any atom is 0.212 e. The molecule has 0 aliphatic rings. The van der Waals surface area contributed by atoms with Gasteiger partial charge in [0.05, 0.1) is 5.69 Å². The number of nitrogens with one attached hydrogen (secondary N) is 1. The Labute approximate surface area is 105 Å². The number of nitrogens with two attached hydrogens (primary N) is 1. The molecule has 0 aliphatic heterocycles. The summed E-state index contributed by atoms with van der Waals surface area (Å²) in [5.41, 5.74) is 1.81. The van der Waals surface area contributed by atoms with Crippen molar-refractivity contribution in [2.75, 3.05) is 19.0 Å². The maximum absolute atomic E-state index is 7.47. The topological polar surface area (TPSA) is 77.4 Å². The summed E-state index contributed by atoms with van der Waals surface area (Å²) in [5.74, 6) is 0. The summed E-state index contributed by atoms with van der Waals surface area (Å²) in [4.78, 5) is 2.01. The van der Waals surface area contributed by atoms with E-state index in [2.05, 4.69) is 10.2 Å². The van der Waals surface area contributed by atoms with Gasteiger partial charge in [-0.25, -0.2) is 0 Å². The lowest BCUT2D eigenvalue weighted by atomic mass is 10.3. The van der Waals surface area contributed by atoms with Gasteiger partial charge in [0.25, 0.3) is 0 Å². The molecule has 1 aromatic carbocycles. The monoisotopic (exact) mass is 250 g/mol. The highest BCUT2D eigenvalue weighted by atomic mass is 32.2. The van der Waals surface area contributed by atoms with Crippen molar-refractivity contribution in [2.45, 2.75) is 6.92 Å². The van der Waals surface area contributed by atoms with Gasteiger partial charge in [-0.15, -0.1) is 10.2 Å². The lowest BCUT2D eigenvalue weighted by Crippen LogP contribution is -2.35. The van der Waals surface area contributed by atoms with E-state index < -0.39 is 0 Å². The average Bonchev–Trinajstić information content (AvgIpc) is 2.26. The van der Waals surface area contributed by atoms with Crippen molar-refractivity contribution in [3.05, 3.63) is 24.3 Å². The van der Waals surface area contributed by atoms with Crippen molar-refractivity contribution < 1.29 is 5.41 Å². The first-order valence-corrected chi connectivity index (χ1v) is 5.85. The molecule has 1 aromatic rings. The van der Waals surface area contributed by atoms with Crippen LogP contribution < -0.4 is 10.3 Å². The van der Waals surface area contributed by atoms with Gasteiger partial charge in [0.2, 0.25) is 10.2 Å². The van der Waals surface area contributed by atoms with E-state index in [1.807, 2.05) is 43.3 Å². The predicted molar refractivity (Wildman–Crippen MR) is 73.2 cm³/mol. The molecule has 0 spiro atoms. The average molecular weight is 250 g/mol. The summed E-state index contributed by atoms with van der Waals surface area (Å²) in [6, 6.07) is 7.61. The van der Waals surface area contributed by atoms with E-state index in [4.69, 9.17) is 10.8 Å². The first-order valence-electron chi connectivity index (χ1n) is 5.03. The molecule has 0 radical (unpaired) electrons. The molecule has 0 saturated heterocycles. The molecule has 0 aliphatic carbocycles. The number of rotatable bonds is 2. The summed E-state index contributed by atoms with van der Waals surface area (Å²) in [6.45, 7) is 1.72. The minimum atomic E-state index is 0.0849. The van der Waals surface area contributed by atoms with E-state index in [-0.39, 0.29) is 5.17 Å². The number of anilines is 1. The standard InChI is InChI=1S/C11H15N5S/c1-8(12)17-11(13)15-14-9-4-6-10(7-5-9)16(2)3/h4-7,12-13H,1-3H3/p+1. The van der Waals surface area contributed by atoms with Crippen molar-refractivity contribution in [1.29, 1.82) is 5.41 Å². The Kier molecular flexibility index (Phi) is 4.84. The third-order valence-corrected chi connectivity index (χ3v) is 2.48. The second-order valence-electron chi connectivity index (χ2n) is 3.63. The molecule has 0 amide bonds. The van der Waals surface area contributed by atoms with Gasteiger partial charge in [-0.1, -0.05) is 0 Å². The van der Waals surface area contributed by atoms with Gasteiger partial charge in [0.15, 0.2) is 0 Å². The Bertz CT molecular complexity index is 436. The van der Waals surface area contributed by atoms with Crippen LogP contribution in [0.1, 0.15) is 6.92 Å². The number of amidine groups is 1. The van der Waals surface area contributed by atoms with E-state index in [9.17, 15) is 0 Å². The zero-order chi connectivity index (χ0) is 12.8. The Hall–Kier alpha value is -1.69. The van der Waals surface area contributed by atoms with Crippen molar-refractivity contribution in [2.24, 2.45) is 10.2 Å². The quantitative estimate of drug-likeness (QED) is 0.476. The van der Waals surface area contributed by atoms with Crippen molar-refractivity contribution in [3.63, 3.8) is 0 Å². The second kappa shape index (κ2) is 6.15. The highest BCUT2D eigenvalue weighted by Crippen LogP contribution is 2.18.